The summed E-state index contributed by atoms with van der Waals surface area (Å²) in [5, 5.41) is 0.696. The lowest BCUT2D eigenvalue weighted by molar-refractivity contribution is -0.141. The standard InChI is InChI=1S/C11H9ClF3N2/c12-8-3-1-2-6-7(4-5-16)10(11(13,14)15)17-9(6)8/h1-3,16-17H,4-5H2/q-1. The first-order chi connectivity index (χ1) is 7.95. The molecule has 2 nitrogen and oxygen atoms in total. The Morgan fingerprint density at radius 2 is 2.00 bits per heavy atom. The van der Waals surface area contributed by atoms with Crippen LogP contribution >= 0.6 is 11.6 Å². The molecule has 17 heavy (non-hydrogen) atoms. The molecule has 0 atom stereocenters. The van der Waals surface area contributed by atoms with E-state index in [1.165, 1.54) is 6.07 Å². The van der Waals surface area contributed by atoms with Gasteiger partial charge in [-0.15, -0.1) is 6.54 Å². The lowest BCUT2D eigenvalue weighted by atomic mass is 10.1. The summed E-state index contributed by atoms with van der Waals surface area (Å²) in [5.41, 5.74) is 6.69. The van der Waals surface area contributed by atoms with Crippen LogP contribution in [0, 0.1) is 0 Å². The van der Waals surface area contributed by atoms with Gasteiger partial charge in [0.25, 0.3) is 0 Å². The van der Waals surface area contributed by atoms with E-state index in [-0.39, 0.29) is 29.1 Å². The van der Waals surface area contributed by atoms with Gasteiger partial charge in [-0.2, -0.15) is 13.2 Å². The van der Waals surface area contributed by atoms with Gasteiger partial charge in [0, 0.05) is 5.39 Å². The molecule has 0 spiro atoms. The van der Waals surface area contributed by atoms with Gasteiger partial charge in [-0.3, -0.25) is 0 Å². The van der Waals surface area contributed by atoms with Gasteiger partial charge in [0.15, 0.2) is 0 Å². The van der Waals surface area contributed by atoms with Crippen LogP contribution in [0.2, 0.25) is 5.02 Å². The van der Waals surface area contributed by atoms with Crippen LogP contribution in [0.1, 0.15) is 11.3 Å². The van der Waals surface area contributed by atoms with Gasteiger partial charge in [0.2, 0.25) is 0 Å². The minimum absolute atomic E-state index is 0.0508. The fourth-order valence-electron chi connectivity index (χ4n) is 1.86. The summed E-state index contributed by atoms with van der Waals surface area (Å²) in [5.74, 6) is 0. The van der Waals surface area contributed by atoms with E-state index in [1.807, 2.05) is 0 Å². The molecule has 1 aromatic carbocycles. The summed E-state index contributed by atoms with van der Waals surface area (Å²) in [6.45, 7) is -0.0947. The maximum atomic E-state index is 12.8. The van der Waals surface area contributed by atoms with Gasteiger partial charge in [0.05, 0.1) is 10.5 Å². The first-order valence-corrected chi connectivity index (χ1v) is 5.34. The summed E-state index contributed by atoms with van der Waals surface area (Å²) < 4.78 is 38.4. The topological polar surface area (TPSA) is 39.6 Å². The number of halogens is 4. The minimum atomic E-state index is -4.45. The number of hydrogen-bond acceptors (Lipinski definition) is 0. The molecule has 0 bridgehead atoms. The van der Waals surface area contributed by atoms with Crippen LogP contribution in [0.15, 0.2) is 18.2 Å². The van der Waals surface area contributed by atoms with Crippen molar-refractivity contribution in [3.05, 3.63) is 40.2 Å². The summed E-state index contributed by atoms with van der Waals surface area (Å²) in [6, 6.07) is 4.72. The number of aromatic nitrogens is 1. The molecule has 2 N–H and O–H groups in total. The van der Waals surface area contributed by atoms with E-state index in [0.717, 1.165) is 0 Å². The van der Waals surface area contributed by atoms with E-state index in [9.17, 15) is 13.2 Å². The minimum Gasteiger partial charge on any atom is -0.677 e. The second-order valence-electron chi connectivity index (χ2n) is 3.64. The molecule has 0 saturated heterocycles. The second-order valence-corrected chi connectivity index (χ2v) is 4.05. The maximum Gasteiger partial charge on any atom is 0.431 e. The third-order valence-corrected chi connectivity index (χ3v) is 2.86. The average Bonchev–Trinajstić information content (AvgIpc) is 2.59. The highest BCUT2D eigenvalue weighted by Gasteiger charge is 2.36. The summed E-state index contributed by atoms with van der Waals surface area (Å²) >= 11 is 5.85. The van der Waals surface area contributed by atoms with Crippen molar-refractivity contribution < 1.29 is 13.2 Å². The van der Waals surface area contributed by atoms with Crippen LogP contribution in [0.25, 0.3) is 16.6 Å². The average molecular weight is 262 g/mol. The molecule has 0 unspecified atom stereocenters. The van der Waals surface area contributed by atoms with E-state index < -0.39 is 11.9 Å². The van der Waals surface area contributed by atoms with Gasteiger partial charge >= 0.3 is 6.18 Å². The fraction of sp³-hybridized carbons (Fsp3) is 0.273. The molecule has 92 valence electrons. The van der Waals surface area contributed by atoms with E-state index in [0.29, 0.717) is 5.39 Å². The van der Waals surface area contributed by atoms with Gasteiger partial charge in [0.1, 0.15) is 5.69 Å². The molecule has 6 heteroatoms. The highest BCUT2D eigenvalue weighted by Crippen LogP contribution is 2.37. The summed E-state index contributed by atoms with van der Waals surface area (Å²) in [4.78, 5) is 2.32. The molecule has 0 aliphatic rings. The molecule has 2 rings (SSSR count). The Hall–Kier alpha value is -1.20. The van der Waals surface area contributed by atoms with Crippen molar-refractivity contribution in [1.29, 1.82) is 0 Å². The van der Waals surface area contributed by atoms with Gasteiger partial charge in [-0.1, -0.05) is 23.7 Å². The third-order valence-electron chi connectivity index (χ3n) is 2.55. The molecule has 0 aliphatic carbocycles. The molecule has 0 saturated carbocycles. The van der Waals surface area contributed by atoms with Crippen molar-refractivity contribution in [1.82, 2.24) is 4.98 Å². The van der Waals surface area contributed by atoms with Crippen LogP contribution in [0.5, 0.6) is 0 Å². The Balaban J connectivity index is 2.75. The number of benzene rings is 1. The van der Waals surface area contributed by atoms with Gasteiger partial charge in [-0.05, 0) is 18.1 Å². The Kier molecular flexibility index (Phi) is 3.05. The van der Waals surface area contributed by atoms with Crippen molar-refractivity contribution >= 4 is 22.5 Å². The number of H-pyrrole nitrogens is 1. The maximum absolute atomic E-state index is 12.8. The molecule has 0 radical (unpaired) electrons. The number of hydrogen-bond donors (Lipinski definition) is 1. The number of aromatic amines is 1. The SMILES string of the molecule is [NH-]CCc1c(C(F)(F)F)[nH]c2c(Cl)cccc12. The Morgan fingerprint density at radius 3 is 2.59 bits per heavy atom. The number of rotatable bonds is 2. The highest BCUT2D eigenvalue weighted by atomic mass is 35.5. The normalized spacial score (nSPS) is 12.3. The zero-order valence-corrected chi connectivity index (χ0v) is 9.41. The predicted octanol–water partition coefficient (Wildman–Crippen LogP) is 4.43. The molecule has 1 heterocycles. The summed E-state index contributed by atoms with van der Waals surface area (Å²) in [7, 11) is 0. The molecule has 0 amide bonds. The molecular formula is C11H9ClF3N2-. The predicted molar refractivity (Wildman–Crippen MR) is 61.2 cm³/mol. The third kappa shape index (κ3) is 2.12. The first-order valence-electron chi connectivity index (χ1n) is 4.96. The first kappa shape index (κ1) is 12.3. The molecular weight excluding hydrogens is 253 g/mol. The summed E-state index contributed by atoms with van der Waals surface area (Å²) in [6.07, 6.45) is -4.40. The molecule has 0 aliphatic heterocycles. The van der Waals surface area contributed by atoms with Crippen molar-refractivity contribution in [2.45, 2.75) is 12.6 Å². The Morgan fingerprint density at radius 1 is 1.29 bits per heavy atom. The zero-order valence-electron chi connectivity index (χ0n) is 8.66. The monoisotopic (exact) mass is 261 g/mol. The fourth-order valence-corrected chi connectivity index (χ4v) is 2.09. The zero-order chi connectivity index (χ0) is 12.6. The van der Waals surface area contributed by atoms with Crippen LogP contribution in [-0.4, -0.2) is 11.5 Å². The largest absolute Gasteiger partial charge is 0.677 e. The molecule has 1 aromatic heterocycles. The van der Waals surface area contributed by atoms with Crippen LogP contribution in [0.3, 0.4) is 0 Å². The van der Waals surface area contributed by atoms with E-state index in [2.05, 4.69) is 4.98 Å². The van der Waals surface area contributed by atoms with E-state index in [4.69, 9.17) is 17.3 Å². The van der Waals surface area contributed by atoms with Crippen LogP contribution in [-0.2, 0) is 12.6 Å². The van der Waals surface area contributed by atoms with Crippen LogP contribution < -0.4 is 0 Å². The number of para-hydroxylation sites is 1. The number of alkyl halides is 3. The number of fused-ring (bicyclic) bond motifs is 1. The van der Waals surface area contributed by atoms with Crippen molar-refractivity contribution in [2.75, 3.05) is 6.54 Å². The second kappa shape index (κ2) is 4.23. The van der Waals surface area contributed by atoms with Crippen molar-refractivity contribution in [2.24, 2.45) is 0 Å². The lowest BCUT2D eigenvalue weighted by Gasteiger charge is -2.08. The molecule has 0 fully saturated rings. The van der Waals surface area contributed by atoms with Crippen LogP contribution in [0.4, 0.5) is 13.2 Å². The Bertz CT molecular complexity index is 545. The molecule has 2 aromatic rings. The highest BCUT2D eigenvalue weighted by molar-refractivity contribution is 6.35. The van der Waals surface area contributed by atoms with E-state index in [1.54, 1.807) is 12.1 Å². The smallest absolute Gasteiger partial charge is 0.431 e. The van der Waals surface area contributed by atoms with Gasteiger partial charge in [-0.25, -0.2) is 0 Å². The lowest BCUT2D eigenvalue weighted by Crippen LogP contribution is -2.09. The Labute approximate surface area is 101 Å². The van der Waals surface area contributed by atoms with Crippen molar-refractivity contribution in [3.8, 4) is 0 Å². The van der Waals surface area contributed by atoms with Crippen molar-refractivity contribution in [3.63, 3.8) is 0 Å². The van der Waals surface area contributed by atoms with E-state index >= 15 is 0 Å². The number of nitrogens with one attached hydrogen (secondary N) is 2. The van der Waals surface area contributed by atoms with Gasteiger partial charge < -0.3 is 10.7 Å². The quantitative estimate of drug-likeness (QED) is 0.830.